The molecule has 0 radical (unpaired) electrons. The molecule has 0 amide bonds. The van der Waals surface area contributed by atoms with Crippen molar-refractivity contribution in [3.05, 3.63) is 0 Å². The van der Waals surface area contributed by atoms with Crippen molar-refractivity contribution in [1.29, 1.82) is 0 Å². The third kappa shape index (κ3) is 4.37. The summed E-state index contributed by atoms with van der Waals surface area (Å²) in [6.45, 7) is 5.16. The number of carbonyl (C=O) groups excluding carboxylic acids is 3. The number of esters is 3. The zero-order valence-corrected chi connectivity index (χ0v) is 15.7. The zero-order chi connectivity index (χ0) is 18.9. The molecule has 7 heteroatoms. The lowest BCUT2D eigenvalue weighted by molar-refractivity contribution is -0.171. The highest BCUT2D eigenvalue weighted by Gasteiger charge is 2.53. The third-order valence-electron chi connectivity index (χ3n) is 5.40. The van der Waals surface area contributed by atoms with Crippen molar-refractivity contribution in [2.24, 2.45) is 17.3 Å². The maximum atomic E-state index is 12.0. The van der Waals surface area contributed by atoms with Gasteiger partial charge in [-0.3, -0.25) is 9.59 Å². The van der Waals surface area contributed by atoms with Gasteiger partial charge in [-0.05, 0) is 52.4 Å². The molecule has 2 aliphatic heterocycles. The van der Waals surface area contributed by atoms with E-state index in [1.807, 2.05) is 0 Å². The molecule has 4 fully saturated rings. The molecule has 4 unspecified atom stereocenters. The van der Waals surface area contributed by atoms with E-state index in [9.17, 15) is 14.4 Å². The number of hydrogen-bond acceptors (Lipinski definition) is 7. The number of rotatable bonds is 6. The molecule has 4 bridgehead atoms. The van der Waals surface area contributed by atoms with Gasteiger partial charge in [-0.15, -0.1) is 0 Å². The first kappa shape index (κ1) is 19.1. The van der Waals surface area contributed by atoms with Crippen LogP contribution in [0.4, 0.5) is 0 Å². The van der Waals surface area contributed by atoms with Gasteiger partial charge >= 0.3 is 17.9 Å². The van der Waals surface area contributed by atoms with E-state index in [-0.39, 0.29) is 43.8 Å². The first-order chi connectivity index (χ1) is 12.2. The molecule has 0 spiro atoms. The summed E-state index contributed by atoms with van der Waals surface area (Å²) < 4.78 is 21.6. The average Bonchev–Trinajstić information content (AvgIpc) is 2.70. The van der Waals surface area contributed by atoms with Gasteiger partial charge in [-0.2, -0.15) is 0 Å². The van der Waals surface area contributed by atoms with Gasteiger partial charge in [0.25, 0.3) is 0 Å². The largest absolute Gasteiger partial charge is 0.462 e. The number of carbonyl (C=O) groups is 3. The molecule has 4 rings (SSSR count). The summed E-state index contributed by atoms with van der Waals surface area (Å²) in [4.78, 5) is 35.6. The Hall–Kier alpha value is -1.63. The Morgan fingerprint density at radius 2 is 1.85 bits per heavy atom. The van der Waals surface area contributed by atoms with Crippen LogP contribution >= 0.6 is 0 Å². The molecule has 26 heavy (non-hydrogen) atoms. The Labute approximate surface area is 153 Å². The second kappa shape index (κ2) is 7.18. The molecular formula is C19H28O7. The summed E-state index contributed by atoms with van der Waals surface area (Å²) in [5.74, 6) is -0.635. The summed E-state index contributed by atoms with van der Waals surface area (Å²) in [6.07, 6.45) is 3.81. The van der Waals surface area contributed by atoms with Crippen LogP contribution < -0.4 is 0 Å². The van der Waals surface area contributed by atoms with E-state index in [0.29, 0.717) is 18.8 Å². The minimum absolute atomic E-state index is 0.00643. The molecule has 0 aromatic heterocycles. The van der Waals surface area contributed by atoms with E-state index in [2.05, 4.69) is 0 Å². The lowest BCUT2D eigenvalue weighted by atomic mass is 9.65. The third-order valence-corrected chi connectivity index (χ3v) is 5.40. The quantitative estimate of drug-likeness (QED) is 0.402. The van der Waals surface area contributed by atoms with E-state index in [1.165, 1.54) is 0 Å². The van der Waals surface area contributed by atoms with E-state index >= 15 is 0 Å². The number of ether oxygens (including phenoxy) is 4. The molecule has 4 aliphatic rings. The van der Waals surface area contributed by atoms with Crippen LogP contribution in [0.5, 0.6) is 0 Å². The van der Waals surface area contributed by atoms with Crippen LogP contribution in [0, 0.1) is 17.3 Å². The number of hydrogen-bond donors (Lipinski definition) is 0. The standard InChI is InChI=1S/C19H28O7/c1-18(2,3)17(22)24-5-4-23-15(20)11-25-19-8-12-6-13(9-19)16(21)26-14(7-12)10-19/h12-14H,4-11H2,1-3H3. The van der Waals surface area contributed by atoms with E-state index < -0.39 is 17.0 Å². The number of fused-ring (bicyclic) bond motifs is 1. The van der Waals surface area contributed by atoms with Crippen LogP contribution in [0.1, 0.15) is 52.9 Å². The van der Waals surface area contributed by atoms with Crippen LogP contribution in [0.3, 0.4) is 0 Å². The smallest absolute Gasteiger partial charge is 0.332 e. The Kier molecular flexibility index (Phi) is 5.28. The Balaban J connectivity index is 1.42. The van der Waals surface area contributed by atoms with Crippen LogP contribution in [-0.4, -0.2) is 49.4 Å². The van der Waals surface area contributed by atoms with Crippen molar-refractivity contribution in [2.45, 2.75) is 64.6 Å². The fraction of sp³-hybridized carbons (Fsp3) is 0.842. The van der Waals surface area contributed by atoms with E-state index in [4.69, 9.17) is 18.9 Å². The first-order valence-corrected chi connectivity index (χ1v) is 9.34. The molecule has 4 atom stereocenters. The predicted molar refractivity (Wildman–Crippen MR) is 90.0 cm³/mol. The summed E-state index contributed by atoms with van der Waals surface area (Å²) in [7, 11) is 0. The monoisotopic (exact) mass is 368 g/mol. The lowest BCUT2D eigenvalue weighted by Gasteiger charge is -2.45. The van der Waals surface area contributed by atoms with Gasteiger partial charge in [0.2, 0.25) is 0 Å². The molecule has 2 heterocycles. The van der Waals surface area contributed by atoms with E-state index in [1.54, 1.807) is 20.8 Å². The Bertz CT molecular complexity index is 579. The lowest BCUT2D eigenvalue weighted by Crippen LogP contribution is -2.47. The fourth-order valence-electron chi connectivity index (χ4n) is 4.31. The fourth-order valence-corrected chi connectivity index (χ4v) is 4.31. The SMILES string of the molecule is CC(C)(C)C(=O)OCCOC(=O)COC12CC3CC(C1)OC(=O)C(C3)C2. The predicted octanol–water partition coefficient (Wildman–Crippen LogP) is 2.01. The highest BCUT2D eigenvalue weighted by molar-refractivity contribution is 5.75. The zero-order valence-electron chi connectivity index (χ0n) is 15.7. The highest BCUT2D eigenvalue weighted by atomic mass is 16.6. The molecule has 146 valence electrons. The minimum atomic E-state index is -0.580. The Morgan fingerprint density at radius 3 is 2.58 bits per heavy atom. The van der Waals surface area contributed by atoms with Crippen molar-refractivity contribution >= 4 is 17.9 Å². The first-order valence-electron chi connectivity index (χ1n) is 9.34. The van der Waals surface area contributed by atoms with Crippen LogP contribution in [0.25, 0.3) is 0 Å². The van der Waals surface area contributed by atoms with Crippen LogP contribution in [0.2, 0.25) is 0 Å². The second-order valence-electron chi connectivity index (χ2n) is 8.78. The maximum Gasteiger partial charge on any atom is 0.332 e. The van der Waals surface area contributed by atoms with Crippen molar-refractivity contribution in [1.82, 2.24) is 0 Å². The molecular weight excluding hydrogens is 340 g/mol. The normalized spacial score (nSPS) is 32.7. The second-order valence-corrected chi connectivity index (χ2v) is 8.78. The summed E-state index contributed by atoms with van der Waals surface area (Å²) in [5.41, 5.74) is -1.04. The van der Waals surface area contributed by atoms with Gasteiger partial charge < -0.3 is 18.9 Å². The molecule has 0 N–H and O–H groups in total. The van der Waals surface area contributed by atoms with Gasteiger partial charge in [0, 0.05) is 6.42 Å². The van der Waals surface area contributed by atoms with Gasteiger partial charge in [-0.25, -0.2) is 4.79 Å². The van der Waals surface area contributed by atoms with Gasteiger partial charge in [0.1, 0.15) is 25.9 Å². The molecule has 2 saturated heterocycles. The minimum Gasteiger partial charge on any atom is -0.462 e. The summed E-state index contributed by atoms with van der Waals surface area (Å²) in [6, 6.07) is 0. The molecule has 0 aromatic carbocycles. The van der Waals surface area contributed by atoms with E-state index in [0.717, 1.165) is 19.3 Å². The highest BCUT2D eigenvalue weighted by Crippen LogP contribution is 2.51. The van der Waals surface area contributed by atoms with Crippen molar-refractivity contribution in [3.63, 3.8) is 0 Å². The van der Waals surface area contributed by atoms with Crippen molar-refractivity contribution < 1.29 is 33.3 Å². The summed E-state index contributed by atoms with van der Waals surface area (Å²) >= 11 is 0. The molecule has 0 aromatic rings. The maximum absolute atomic E-state index is 12.0. The molecule has 7 nitrogen and oxygen atoms in total. The molecule has 2 saturated carbocycles. The van der Waals surface area contributed by atoms with Gasteiger partial charge in [0.05, 0.1) is 16.9 Å². The van der Waals surface area contributed by atoms with Crippen molar-refractivity contribution in [2.75, 3.05) is 19.8 Å². The van der Waals surface area contributed by atoms with Gasteiger partial charge in [-0.1, -0.05) is 0 Å². The van der Waals surface area contributed by atoms with Gasteiger partial charge in [0.15, 0.2) is 0 Å². The van der Waals surface area contributed by atoms with Crippen molar-refractivity contribution in [3.8, 4) is 0 Å². The average molecular weight is 368 g/mol. The molecule has 2 aliphatic carbocycles. The topological polar surface area (TPSA) is 88.1 Å². The summed E-state index contributed by atoms with van der Waals surface area (Å²) in [5, 5.41) is 0. The van der Waals surface area contributed by atoms with Crippen LogP contribution in [0.15, 0.2) is 0 Å². The Morgan fingerprint density at radius 1 is 1.12 bits per heavy atom. The van der Waals surface area contributed by atoms with Crippen LogP contribution in [-0.2, 0) is 33.3 Å².